The van der Waals surface area contributed by atoms with Gasteiger partial charge in [-0.2, -0.15) is 0 Å². The van der Waals surface area contributed by atoms with E-state index in [0.29, 0.717) is 12.1 Å². The lowest BCUT2D eigenvalue weighted by molar-refractivity contribution is 0.391. The molecule has 4 heteroatoms. The van der Waals surface area contributed by atoms with Crippen LogP contribution in [0.25, 0.3) is 0 Å². The van der Waals surface area contributed by atoms with E-state index in [1.165, 1.54) is 36.1 Å². The lowest BCUT2D eigenvalue weighted by Gasteiger charge is -2.23. The molecule has 0 amide bonds. The molecule has 1 aliphatic carbocycles. The number of benzene rings is 1. The summed E-state index contributed by atoms with van der Waals surface area (Å²) >= 11 is 0. The van der Waals surface area contributed by atoms with Crippen LogP contribution in [-0.2, 0) is 13.0 Å². The molecular formula is C17H22N4. The van der Waals surface area contributed by atoms with Crippen molar-refractivity contribution in [3.05, 3.63) is 48.0 Å². The first kappa shape index (κ1) is 12.9. The molecule has 0 bridgehead atoms. The van der Waals surface area contributed by atoms with Gasteiger partial charge < -0.3 is 15.2 Å². The van der Waals surface area contributed by atoms with Crippen LogP contribution in [0, 0.1) is 0 Å². The molecule has 1 aromatic carbocycles. The van der Waals surface area contributed by atoms with E-state index in [4.69, 9.17) is 0 Å². The third-order valence-electron chi connectivity index (χ3n) is 4.88. The van der Waals surface area contributed by atoms with Gasteiger partial charge in [0.25, 0.3) is 0 Å². The van der Waals surface area contributed by atoms with E-state index in [1.54, 1.807) is 0 Å². The number of nitrogens with zero attached hydrogens (tertiary/aromatic N) is 2. The molecule has 1 aromatic heterocycles. The minimum Gasteiger partial charge on any atom is -0.384 e. The fourth-order valence-corrected chi connectivity index (χ4v) is 3.80. The van der Waals surface area contributed by atoms with E-state index in [0.717, 1.165) is 19.5 Å². The van der Waals surface area contributed by atoms with E-state index < -0.39 is 0 Å². The third kappa shape index (κ3) is 2.44. The molecule has 2 aromatic rings. The standard InChI is InChI=1S/C17H22N4/c1-3-13-7-8-19-17(13)14(4-1)11-20-15-5-2-6-16(15)21-10-9-18-12-21/h1,3-4,9-10,12,15-16,19-20H,2,5-8,11H2. The Morgan fingerprint density at radius 2 is 2.33 bits per heavy atom. The molecule has 2 aliphatic rings. The van der Waals surface area contributed by atoms with Crippen molar-refractivity contribution in [2.45, 2.75) is 44.3 Å². The highest BCUT2D eigenvalue weighted by atomic mass is 15.1. The number of para-hydroxylation sites is 1. The lowest BCUT2D eigenvalue weighted by Crippen LogP contribution is -2.33. The van der Waals surface area contributed by atoms with Crippen molar-refractivity contribution in [1.82, 2.24) is 14.9 Å². The summed E-state index contributed by atoms with van der Waals surface area (Å²) < 4.78 is 2.26. The number of imidazole rings is 1. The number of rotatable bonds is 4. The van der Waals surface area contributed by atoms with E-state index in [1.807, 2.05) is 12.5 Å². The third-order valence-corrected chi connectivity index (χ3v) is 4.88. The first-order valence-corrected chi connectivity index (χ1v) is 7.97. The van der Waals surface area contributed by atoms with Crippen LogP contribution in [0.3, 0.4) is 0 Å². The fraction of sp³-hybridized carbons (Fsp3) is 0.471. The van der Waals surface area contributed by atoms with E-state index >= 15 is 0 Å². The van der Waals surface area contributed by atoms with Crippen molar-refractivity contribution in [2.24, 2.45) is 0 Å². The summed E-state index contributed by atoms with van der Waals surface area (Å²) in [7, 11) is 0. The maximum Gasteiger partial charge on any atom is 0.0949 e. The van der Waals surface area contributed by atoms with Crippen molar-refractivity contribution < 1.29 is 0 Å². The number of fused-ring (bicyclic) bond motifs is 1. The highest BCUT2D eigenvalue weighted by molar-refractivity contribution is 5.61. The molecule has 1 saturated carbocycles. The smallest absolute Gasteiger partial charge is 0.0949 e. The molecule has 4 rings (SSSR count). The first-order chi connectivity index (χ1) is 10.4. The fourth-order valence-electron chi connectivity index (χ4n) is 3.80. The summed E-state index contributed by atoms with van der Waals surface area (Å²) in [6, 6.07) is 7.77. The SMILES string of the molecule is c1cc2c(c(CNC3CCCC3n3ccnc3)c1)NCC2. The monoisotopic (exact) mass is 282 g/mol. The number of hydrogen-bond acceptors (Lipinski definition) is 3. The van der Waals surface area contributed by atoms with Crippen LogP contribution in [0.15, 0.2) is 36.9 Å². The predicted molar refractivity (Wildman–Crippen MR) is 84.4 cm³/mol. The van der Waals surface area contributed by atoms with Gasteiger partial charge >= 0.3 is 0 Å². The predicted octanol–water partition coefficient (Wildman–Crippen LogP) is 2.73. The van der Waals surface area contributed by atoms with Crippen molar-refractivity contribution in [2.75, 3.05) is 11.9 Å². The highest BCUT2D eigenvalue weighted by Gasteiger charge is 2.28. The minimum absolute atomic E-state index is 0.552. The molecule has 1 aliphatic heterocycles. The summed E-state index contributed by atoms with van der Waals surface area (Å²) in [6.45, 7) is 2.03. The van der Waals surface area contributed by atoms with Crippen molar-refractivity contribution in [3.8, 4) is 0 Å². The average molecular weight is 282 g/mol. The topological polar surface area (TPSA) is 41.9 Å². The second kappa shape index (κ2) is 5.53. The summed E-state index contributed by atoms with van der Waals surface area (Å²) in [5.74, 6) is 0. The number of anilines is 1. The Morgan fingerprint density at radius 1 is 1.33 bits per heavy atom. The van der Waals surface area contributed by atoms with Crippen LogP contribution in [-0.4, -0.2) is 22.1 Å². The summed E-state index contributed by atoms with van der Waals surface area (Å²) in [5, 5.41) is 7.31. The molecule has 2 N–H and O–H groups in total. The normalized spacial score (nSPS) is 24.0. The lowest BCUT2D eigenvalue weighted by atomic mass is 10.1. The molecule has 2 atom stereocenters. The van der Waals surface area contributed by atoms with Gasteiger partial charge in [-0.3, -0.25) is 0 Å². The van der Waals surface area contributed by atoms with Crippen LogP contribution in [0.2, 0.25) is 0 Å². The van der Waals surface area contributed by atoms with Crippen LogP contribution >= 0.6 is 0 Å². The zero-order valence-corrected chi connectivity index (χ0v) is 12.3. The second-order valence-corrected chi connectivity index (χ2v) is 6.12. The molecule has 21 heavy (non-hydrogen) atoms. The van der Waals surface area contributed by atoms with Gasteiger partial charge in [0.05, 0.1) is 6.33 Å². The largest absolute Gasteiger partial charge is 0.384 e. The van der Waals surface area contributed by atoms with Crippen molar-refractivity contribution in [1.29, 1.82) is 0 Å². The Morgan fingerprint density at radius 3 is 3.24 bits per heavy atom. The van der Waals surface area contributed by atoms with Gasteiger partial charge in [0, 0.05) is 43.3 Å². The summed E-state index contributed by atoms with van der Waals surface area (Å²) in [5.41, 5.74) is 4.23. The summed E-state index contributed by atoms with van der Waals surface area (Å²) in [4.78, 5) is 4.19. The average Bonchev–Trinajstić information content (AvgIpc) is 3.23. The molecule has 2 unspecified atom stereocenters. The molecule has 1 fully saturated rings. The van der Waals surface area contributed by atoms with Crippen LogP contribution in [0.4, 0.5) is 5.69 Å². The van der Waals surface area contributed by atoms with Gasteiger partial charge in [-0.15, -0.1) is 0 Å². The number of hydrogen-bond donors (Lipinski definition) is 2. The Balaban J connectivity index is 1.46. The van der Waals surface area contributed by atoms with E-state index in [9.17, 15) is 0 Å². The minimum atomic E-state index is 0.552. The molecule has 110 valence electrons. The van der Waals surface area contributed by atoms with E-state index in [2.05, 4.69) is 44.6 Å². The molecule has 0 spiro atoms. The maximum atomic E-state index is 4.19. The van der Waals surface area contributed by atoms with Gasteiger partial charge in [-0.1, -0.05) is 18.2 Å². The molecular weight excluding hydrogens is 260 g/mol. The van der Waals surface area contributed by atoms with Gasteiger partial charge in [-0.25, -0.2) is 4.98 Å². The first-order valence-electron chi connectivity index (χ1n) is 7.97. The van der Waals surface area contributed by atoms with Gasteiger partial charge in [0.1, 0.15) is 0 Å². The maximum absolute atomic E-state index is 4.19. The zero-order chi connectivity index (χ0) is 14.1. The molecule has 4 nitrogen and oxygen atoms in total. The Bertz CT molecular complexity index is 605. The van der Waals surface area contributed by atoms with Crippen molar-refractivity contribution >= 4 is 5.69 Å². The summed E-state index contributed by atoms with van der Waals surface area (Å²) in [6.07, 6.45) is 10.9. The van der Waals surface area contributed by atoms with E-state index in [-0.39, 0.29) is 0 Å². The van der Waals surface area contributed by atoms with Gasteiger partial charge in [0.2, 0.25) is 0 Å². The van der Waals surface area contributed by atoms with Crippen LogP contribution < -0.4 is 10.6 Å². The molecule has 2 heterocycles. The Kier molecular flexibility index (Phi) is 3.39. The Labute approximate surface area is 125 Å². The Hall–Kier alpha value is -1.81. The molecule has 0 saturated heterocycles. The zero-order valence-electron chi connectivity index (χ0n) is 12.3. The van der Waals surface area contributed by atoms with Crippen molar-refractivity contribution in [3.63, 3.8) is 0 Å². The quantitative estimate of drug-likeness (QED) is 0.906. The highest BCUT2D eigenvalue weighted by Crippen LogP contribution is 2.31. The van der Waals surface area contributed by atoms with Crippen LogP contribution in [0.1, 0.15) is 36.4 Å². The second-order valence-electron chi connectivity index (χ2n) is 6.12. The number of aromatic nitrogens is 2. The van der Waals surface area contributed by atoms with Gasteiger partial charge in [0.15, 0.2) is 0 Å². The number of nitrogens with one attached hydrogen (secondary N) is 2. The van der Waals surface area contributed by atoms with Gasteiger partial charge in [-0.05, 0) is 36.8 Å². The van der Waals surface area contributed by atoms with Crippen LogP contribution in [0.5, 0.6) is 0 Å². The molecule has 0 radical (unpaired) electrons.